The van der Waals surface area contributed by atoms with Gasteiger partial charge < -0.3 is 5.32 Å². The number of rotatable bonds is 3. The molecule has 0 atom stereocenters. The molecule has 0 unspecified atom stereocenters. The first-order valence-electron chi connectivity index (χ1n) is 6.02. The third-order valence-corrected chi connectivity index (χ3v) is 3.34. The number of anilines is 1. The van der Waals surface area contributed by atoms with Crippen LogP contribution in [0.15, 0.2) is 54.7 Å². The normalized spacial score (nSPS) is 10.6. The van der Waals surface area contributed by atoms with Gasteiger partial charge in [-0.2, -0.15) is 10.2 Å². The molecular formula is C15H12ClN3. The topological polar surface area (TPSA) is 37.8 Å². The second-order valence-electron chi connectivity index (χ2n) is 4.22. The van der Waals surface area contributed by atoms with E-state index in [9.17, 15) is 0 Å². The van der Waals surface area contributed by atoms with Gasteiger partial charge in [0.15, 0.2) is 0 Å². The van der Waals surface area contributed by atoms with Crippen LogP contribution in [0.5, 0.6) is 0 Å². The van der Waals surface area contributed by atoms with Crippen molar-refractivity contribution < 1.29 is 0 Å². The Morgan fingerprint density at radius 3 is 2.68 bits per heavy atom. The molecule has 3 aromatic rings. The van der Waals surface area contributed by atoms with Crippen molar-refractivity contribution in [3.8, 4) is 0 Å². The van der Waals surface area contributed by atoms with E-state index in [1.807, 2.05) is 48.5 Å². The van der Waals surface area contributed by atoms with E-state index in [1.54, 1.807) is 6.20 Å². The first kappa shape index (κ1) is 11.9. The van der Waals surface area contributed by atoms with Crippen LogP contribution in [-0.4, -0.2) is 10.2 Å². The van der Waals surface area contributed by atoms with E-state index in [2.05, 4.69) is 15.5 Å². The van der Waals surface area contributed by atoms with Gasteiger partial charge in [0.25, 0.3) is 0 Å². The van der Waals surface area contributed by atoms with Gasteiger partial charge in [0, 0.05) is 17.0 Å². The molecule has 0 amide bonds. The summed E-state index contributed by atoms with van der Waals surface area (Å²) in [5, 5.41) is 13.3. The molecule has 0 aliphatic rings. The number of benzene rings is 2. The largest absolute Gasteiger partial charge is 0.379 e. The minimum absolute atomic E-state index is 0.662. The highest BCUT2D eigenvalue weighted by atomic mass is 35.5. The van der Waals surface area contributed by atoms with Gasteiger partial charge in [-0.25, -0.2) is 0 Å². The average molecular weight is 270 g/mol. The molecule has 0 radical (unpaired) electrons. The molecule has 0 fully saturated rings. The lowest BCUT2D eigenvalue weighted by molar-refractivity contribution is 1.06. The molecular weight excluding hydrogens is 258 g/mol. The minimum atomic E-state index is 0.662. The Morgan fingerprint density at radius 1 is 1.00 bits per heavy atom. The Morgan fingerprint density at radius 2 is 1.79 bits per heavy atom. The van der Waals surface area contributed by atoms with Crippen LogP contribution in [0, 0.1) is 0 Å². The molecule has 3 rings (SSSR count). The first-order valence-corrected chi connectivity index (χ1v) is 6.40. The molecule has 2 aromatic carbocycles. The highest BCUT2D eigenvalue weighted by Crippen LogP contribution is 2.22. The van der Waals surface area contributed by atoms with Crippen molar-refractivity contribution in [2.75, 3.05) is 5.32 Å². The van der Waals surface area contributed by atoms with Crippen molar-refractivity contribution in [1.82, 2.24) is 10.2 Å². The number of nitrogens with one attached hydrogen (secondary N) is 1. The number of halogens is 1. The van der Waals surface area contributed by atoms with Crippen LogP contribution in [0.4, 0.5) is 5.69 Å². The monoisotopic (exact) mass is 269 g/mol. The summed E-state index contributed by atoms with van der Waals surface area (Å²) in [6, 6.07) is 15.7. The van der Waals surface area contributed by atoms with Gasteiger partial charge in [-0.15, -0.1) is 0 Å². The summed E-state index contributed by atoms with van der Waals surface area (Å²) in [5.74, 6) is 0. The summed E-state index contributed by atoms with van der Waals surface area (Å²) >= 11 is 6.14. The summed E-state index contributed by atoms with van der Waals surface area (Å²) in [7, 11) is 0. The lowest BCUT2D eigenvalue weighted by Crippen LogP contribution is -2.01. The molecule has 1 heterocycles. The smallest absolute Gasteiger partial charge is 0.0950 e. The van der Waals surface area contributed by atoms with E-state index in [4.69, 9.17) is 11.6 Å². The molecule has 0 aliphatic heterocycles. The molecule has 94 valence electrons. The zero-order valence-corrected chi connectivity index (χ0v) is 10.9. The quantitative estimate of drug-likeness (QED) is 0.784. The molecule has 0 spiro atoms. The average Bonchev–Trinajstić information content (AvgIpc) is 2.46. The summed E-state index contributed by atoms with van der Waals surface area (Å²) in [5.41, 5.74) is 2.90. The van der Waals surface area contributed by atoms with Crippen LogP contribution >= 0.6 is 11.6 Å². The second-order valence-corrected chi connectivity index (χ2v) is 4.63. The zero-order valence-electron chi connectivity index (χ0n) is 10.2. The predicted octanol–water partition coefficient (Wildman–Crippen LogP) is 3.90. The summed E-state index contributed by atoms with van der Waals surface area (Å²) in [4.78, 5) is 0. The van der Waals surface area contributed by atoms with Crippen molar-refractivity contribution in [1.29, 1.82) is 0 Å². The maximum Gasteiger partial charge on any atom is 0.0950 e. The molecule has 0 bridgehead atoms. The fourth-order valence-corrected chi connectivity index (χ4v) is 2.18. The maximum atomic E-state index is 6.14. The standard InChI is InChI=1S/C15H12ClN3/c16-13-7-3-1-5-11(13)9-17-15-10-18-19-14-8-4-2-6-12(14)15/h1-8,10H,9H2,(H,17,19). The van der Waals surface area contributed by atoms with Crippen LogP contribution in [0.1, 0.15) is 5.56 Å². The number of fused-ring (bicyclic) bond motifs is 1. The van der Waals surface area contributed by atoms with E-state index in [0.717, 1.165) is 27.2 Å². The van der Waals surface area contributed by atoms with E-state index in [0.29, 0.717) is 6.54 Å². The van der Waals surface area contributed by atoms with Gasteiger partial charge >= 0.3 is 0 Å². The van der Waals surface area contributed by atoms with Crippen LogP contribution < -0.4 is 5.32 Å². The lowest BCUT2D eigenvalue weighted by atomic mass is 10.2. The van der Waals surface area contributed by atoms with Gasteiger partial charge in [0.2, 0.25) is 0 Å². The third-order valence-electron chi connectivity index (χ3n) is 2.97. The van der Waals surface area contributed by atoms with Crippen LogP contribution in [0.3, 0.4) is 0 Å². The summed E-state index contributed by atoms with van der Waals surface area (Å²) in [6.45, 7) is 0.662. The second kappa shape index (κ2) is 5.24. The van der Waals surface area contributed by atoms with Gasteiger partial charge in [-0.3, -0.25) is 0 Å². The molecule has 0 saturated heterocycles. The maximum absolute atomic E-state index is 6.14. The minimum Gasteiger partial charge on any atom is -0.379 e. The van der Waals surface area contributed by atoms with Gasteiger partial charge in [0.05, 0.1) is 17.4 Å². The molecule has 1 N–H and O–H groups in total. The SMILES string of the molecule is Clc1ccccc1CNc1cnnc2ccccc12. The molecule has 19 heavy (non-hydrogen) atoms. The first-order chi connectivity index (χ1) is 9.34. The summed E-state index contributed by atoms with van der Waals surface area (Å²) in [6.07, 6.45) is 1.74. The molecule has 4 heteroatoms. The van der Waals surface area contributed by atoms with Gasteiger partial charge in [-0.05, 0) is 17.7 Å². The van der Waals surface area contributed by atoms with Crippen molar-refractivity contribution in [3.63, 3.8) is 0 Å². The summed E-state index contributed by atoms with van der Waals surface area (Å²) < 4.78 is 0. The van der Waals surface area contributed by atoms with Crippen LogP contribution in [0.2, 0.25) is 5.02 Å². The molecule has 1 aromatic heterocycles. The van der Waals surface area contributed by atoms with E-state index < -0.39 is 0 Å². The van der Waals surface area contributed by atoms with Crippen molar-refractivity contribution in [2.24, 2.45) is 0 Å². The number of hydrogen-bond acceptors (Lipinski definition) is 3. The fraction of sp³-hybridized carbons (Fsp3) is 0.0667. The van der Waals surface area contributed by atoms with Crippen molar-refractivity contribution in [3.05, 3.63) is 65.3 Å². The number of nitrogens with zero attached hydrogens (tertiary/aromatic N) is 2. The lowest BCUT2D eigenvalue weighted by Gasteiger charge is -2.09. The Kier molecular flexibility index (Phi) is 3.29. The Hall–Kier alpha value is -2.13. The zero-order chi connectivity index (χ0) is 13.1. The highest BCUT2D eigenvalue weighted by molar-refractivity contribution is 6.31. The van der Waals surface area contributed by atoms with Gasteiger partial charge in [0.1, 0.15) is 0 Å². The Labute approximate surface area is 116 Å². The van der Waals surface area contributed by atoms with Crippen molar-refractivity contribution >= 4 is 28.2 Å². The van der Waals surface area contributed by atoms with E-state index in [-0.39, 0.29) is 0 Å². The van der Waals surface area contributed by atoms with Gasteiger partial charge in [-0.1, -0.05) is 48.0 Å². The molecule has 0 aliphatic carbocycles. The number of aromatic nitrogens is 2. The van der Waals surface area contributed by atoms with Crippen LogP contribution in [-0.2, 0) is 6.54 Å². The number of hydrogen-bond donors (Lipinski definition) is 1. The van der Waals surface area contributed by atoms with E-state index in [1.165, 1.54) is 0 Å². The van der Waals surface area contributed by atoms with Crippen molar-refractivity contribution in [2.45, 2.75) is 6.54 Å². The van der Waals surface area contributed by atoms with Crippen LogP contribution in [0.25, 0.3) is 10.9 Å². The highest BCUT2D eigenvalue weighted by Gasteiger charge is 2.03. The van der Waals surface area contributed by atoms with E-state index >= 15 is 0 Å². The Balaban J connectivity index is 1.88. The fourth-order valence-electron chi connectivity index (χ4n) is 1.98. The third kappa shape index (κ3) is 2.51. The Bertz CT molecular complexity index is 707. The predicted molar refractivity (Wildman–Crippen MR) is 78.3 cm³/mol. The molecule has 0 saturated carbocycles. The molecule has 3 nitrogen and oxygen atoms in total.